The smallest absolute Gasteiger partial charge is 0.255 e. The molecule has 2 rings (SSSR count). The highest BCUT2D eigenvalue weighted by molar-refractivity contribution is 9.10. The lowest BCUT2D eigenvalue weighted by Crippen LogP contribution is -2.30. The third-order valence-electron chi connectivity index (χ3n) is 3.47. The fourth-order valence-corrected chi connectivity index (χ4v) is 2.66. The lowest BCUT2D eigenvalue weighted by Gasteiger charge is -2.26. The number of aromatic hydroxyl groups is 1. The van der Waals surface area contributed by atoms with E-state index < -0.39 is 0 Å². The molecule has 0 spiro atoms. The molecule has 0 saturated carbocycles. The van der Waals surface area contributed by atoms with E-state index in [1.165, 1.54) is 0 Å². The Labute approximate surface area is 137 Å². The summed E-state index contributed by atoms with van der Waals surface area (Å²) < 4.78 is 0.679. The Morgan fingerprint density at radius 1 is 1.24 bits per heavy atom. The van der Waals surface area contributed by atoms with Crippen LogP contribution in [0.5, 0.6) is 5.75 Å². The summed E-state index contributed by atoms with van der Waals surface area (Å²) in [6.07, 6.45) is 0. The largest absolute Gasteiger partial charge is 0.508 e. The van der Waals surface area contributed by atoms with Crippen molar-refractivity contribution in [2.75, 3.05) is 7.05 Å². The van der Waals surface area contributed by atoms with E-state index in [4.69, 9.17) is 11.6 Å². The fourth-order valence-electron chi connectivity index (χ4n) is 2.08. The van der Waals surface area contributed by atoms with E-state index in [1.807, 2.05) is 13.0 Å². The summed E-state index contributed by atoms with van der Waals surface area (Å²) in [5.41, 5.74) is 1.12. The van der Waals surface area contributed by atoms with Crippen molar-refractivity contribution >= 4 is 33.4 Å². The van der Waals surface area contributed by atoms with Crippen LogP contribution in [-0.2, 0) is 0 Å². The van der Waals surface area contributed by atoms with Gasteiger partial charge in [0.15, 0.2) is 0 Å². The van der Waals surface area contributed by atoms with Gasteiger partial charge in [-0.3, -0.25) is 4.79 Å². The van der Waals surface area contributed by atoms with Crippen molar-refractivity contribution in [3.05, 3.63) is 63.1 Å². The number of phenolic OH excluding ortho intramolecular Hbond substituents is 1. The topological polar surface area (TPSA) is 40.5 Å². The molecule has 5 heteroatoms. The molecule has 2 aromatic carbocycles. The zero-order chi connectivity index (χ0) is 15.6. The Bertz CT molecular complexity index is 675. The van der Waals surface area contributed by atoms with Crippen molar-refractivity contribution in [1.82, 2.24) is 4.90 Å². The van der Waals surface area contributed by atoms with Gasteiger partial charge in [0.1, 0.15) is 5.75 Å². The second-order valence-electron chi connectivity index (χ2n) is 4.75. The molecule has 1 unspecified atom stereocenters. The van der Waals surface area contributed by atoms with Crippen LogP contribution in [0.3, 0.4) is 0 Å². The second-order valence-corrected chi connectivity index (χ2v) is 5.98. The van der Waals surface area contributed by atoms with Crippen molar-refractivity contribution in [3.8, 4) is 5.75 Å². The second kappa shape index (κ2) is 6.50. The summed E-state index contributed by atoms with van der Waals surface area (Å²) >= 11 is 9.48. The van der Waals surface area contributed by atoms with Crippen LogP contribution in [0, 0.1) is 0 Å². The SMILES string of the molecule is CC(c1ccccc1O)N(C)C(=O)c1cccc(Br)c1Cl. The summed E-state index contributed by atoms with van der Waals surface area (Å²) in [4.78, 5) is 14.1. The number of amides is 1. The van der Waals surface area contributed by atoms with E-state index >= 15 is 0 Å². The first-order valence-electron chi connectivity index (χ1n) is 6.42. The van der Waals surface area contributed by atoms with E-state index in [2.05, 4.69) is 15.9 Å². The maximum atomic E-state index is 12.6. The van der Waals surface area contributed by atoms with E-state index in [0.717, 1.165) is 0 Å². The number of benzene rings is 2. The van der Waals surface area contributed by atoms with Gasteiger partial charge in [-0.2, -0.15) is 0 Å². The third-order valence-corrected chi connectivity index (χ3v) is 4.77. The maximum Gasteiger partial charge on any atom is 0.255 e. The van der Waals surface area contributed by atoms with Crippen LogP contribution in [0.2, 0.25) is 5.02 Å². The highest BCUT2D eigenvalue weighted by Crippen LogP contribution is 2.31. The molecule has 1 N–H and O–H groups in total. The predicted molar refractivity (Wildman–Crippen MR) is 87.8 cm³/mol. The molecule has 0 bridgehead atoms. The lowest BCUT2D eigenvalue weighted by atomic mass is 10.1. The minimum absolute atomic E-state index is 0.171. The van der Waals surface area contributed by atoms with Gasteiger partial charge in [0.2, 0.25) is 0 Å². The van der Waals surface area contributed by atoms with Gasteiger partial charge in [-0.25, -0.2) is 0 Å². The van der Waals surface area contributed by atoms with Crippen LogP contribution in [0.25, 0.3) is 0 Å². The monoisotopic (exact) mass is 367 g/mol. The molecule has 0 saturated heterocycles. The van der Waals surface area contributed by atoms with Crippen molar-refractivity contribution in [2.45, 2.75) is 13.0 Å². The van der Waals surface area contributed by atoms with E-state index in [0.29, 0.717) is 20.6 Å². The first kappa shape index (κ1) is 15.9. The quantitative estimate of drug-likeness (QED) is 0.857. The Balaban J connectivity index is 2.31. The molecule has 0 aliphatic heterocycles. The predicted octanol–water partition coefficient (Wildman–Crippen LogP) is 4.64. The number of halogens is 2. The molecule has 1 amide bonds. The zero-order valence-electron chi connectivity index (χ0n) is 11.7. The third kappa shape index (κ3) is 3.22. The molecule has 0 aliphatic rings. The van der Waals surface area contributed by atoms with Crippen molar-refractivity contribution in [3.63, 3.8) is 0 Å². The summed E-state index contributed by atoms with van der Waals surface area (Å²) in [5.74, 6) is -0.0259. The Hall–Kier alpha value is -1.52. The number of phenols is 1. The van der Waals surface area contributed by atoms with E-state index in [-0.39, 0.29) is 17.7 Å². The van der Waals surface area contributed by atoms with Gasteiger partial charge in [-0.05, 0) is 41.1 Å². The number of para-hydroxylation sites is 1. The molecule has 21 heavy (non-hydrogen) atoms. The molecule has 2 aromatic rings. The standard InChI is InChI=1S/C16H15BrClNO2/c1-10(11-6-3-4-9-14(11)20)19(2)16(21)12-7-5-8-13(17)15(12)18/h3-10,20H,1-2H3. The summed E-state index contributed by atoms with van der Waals surface area (Å²) in [6, 6.07) is 11.9. The minimum atomic E-state index is -0.270. The van der Waals surface area contributed by atoms with Crippen LogP contribution in [0.1, 0.15) is 28.9 Å². The molecular formula is C16H15BrClNO2. The molecule has 0 radical (unpaired) electrons. The van der Waals surface area contributed by atoms with Gasteiger partial charge in [-0.1, -0.05) is 35.9 Å². The van der Waals surface area contributed by atoms with Crippen LogP contribution in [0.4, 0.5) is 0 Å². The average Bonchev–Trinajstić information content (AvgIpc) is 2.48. The highest BCUT2D eigenvalue weighted by atomic mass is 79.9. The molecule has 0 fully saturated rings. The van der Waals surface area contributed by atoms with E-state index in [1.54, 1.807) is 48.3 Å². The van der Waals surface area contributed by atoms with Crippen LogP contribution in [-0.4, -0.2) is 23.0 Å². The van der Waals surface area contributed by atoms with Gasteiger partial charge in [0.05, 0.1) is 16.6 Å². The summed E-state index contributed by atoms with van der Waals surface area (Å²) in [6.45, 7) is 1.86. The van der Waals surface area contributed by atoms with Crippen LogP contribution >= 0.6 is 27.5 Å². The Kier molecular flexibility index (Phi) is 4.91. The first-order valence-corrected chi connectivity index (χ1v) is 7.59. The van der Waals surface area contributed by atoms with Gasteiger partial charge in [0, 0.05) is 17.1 Å². The zero-order valence-corrected chi connectivity index (χ0v) is 14.0. The van der Waals surface area contributed by atoms with Crippen molar-refractivity contribution in [1.29, 1.82) is 0 Å². The molecule has 3 nitrogen and oxygen atoms in total. The number of carbonyl (C=O) groups is 1. The number of nitrogens with zero attached hydrogens (tertiary/aromatic N) is 1. The van der Waals surface area contributed by atoms with Crippen LogP contribution < -0.4 is 0 Å². The van der Waals surface area contributed by atoms with Crippen molar-refractivity contribution in [2.24, 2.45) is 0 Å². The number of hydrogen-bond donors (Lipinski definition) is 1. The molecular weight excluding hydrogens is 354 g/mol. The number of carbonyl (C=O) groups excluding carboxylic acids is 1. The van der Waals surface area contributed by atoms with Gasteiger partial charge in [0.25, 0.3) is 5.91 Å². The fraction of sp³-hybridized carbons (Fsp3) is 0.188. The maximum absolute atomic E-state index is 12.6. The van der Waals surface area contributed by atoms with Crippen molar-refractivity contribution < 1.29 is 9.90 Å². The highest BCUT2D eigenvalue weighted by Gasteiger charge is 2.23. The Morgan fingerprint density at radius 3 is 2.57 bits per heavy atom. The molecule has 1 atom stereocenters. The van der Waals surface area contributed by atoms with Crippen LogP contribution in [0.15, 0.2) is 46.9 Å². The minimum Gasteiger partial charge on any atom is -0.508 e. The summed E-state index contributed by atoms with van der Waals surface area (Å²) in [5, 5.41) is 10.3. The lowest BCUT2D eigenvalue weighted by molar-refractivity contribution is 0.0741. The average molecular weight is 369 g/mol. The first-order chi connectivity index (χ1) is 9.93. The number of rotatable bonds is 3. The Morgan fingerprint density at radius 2 is 1.90 bits per heavy atom. The molecule has 0 aliphatic carbocycles. The molecule has 0 heterocycles. The molecule has 0 aromatic heterocycles. The molecule has 110 valence electrons. The summed E-state index contributed by atoms with van der Waals surface area (Å²) in [7, 11) is 1.69. The normalized spacial score (nSPS) is 12.0. The van der Waals surface area contributed by atoms with E-state index in [9.17, 15) is 9.90 Å². The number of hydrogen-bond acceptors (Lipinski definition) is 2. The van der Waals surface area contributed by atoms with Gasteiger partial charge < -0.3 is 10.0 Å². The van der Waals surface area contributed by atoms with Gasteiger partial charge in [-0.15, -0.1) is 0 Å². The van der Waals surface area contributed by atoms with Gasteiger partial charge >= 0.3 is 0 Å².